The molecule has 0 aliphatic carbocycles. The number of hydrogen-bond donors (Lipinski definition) is 1. The fraction of sp³-hybridized carbons (Fsp3) is 0.425. The maximum Gasteiger partial charge on any atom is 0.308 e. The molecule has 0 saturated heterocycles. The molecule has 53 heavy (non-hydrogen) atoms. The first-order chi connectivity index (χ1) is 24.9. The molecule has 1 N–H and O–H groups in total. The molecule has 0 saturated carbocycles. The van der Waals surface area contributed by atoms with Crippen molar-refractivity contribution in [2.24, 2.45) is 18.4 Å². The molecule has 13 heteroatoms. The number of esters is 1. The molecule has 9 nitrogen and oxygen atoms in total. The van der Waals surface area contributed by atoms with Crippen molar-refractivity contribution in [3.05, 3.63) is 94.2 Å². The smallest absolute Gasteiger partial charge is 0.308 e. The second-order valence-electron chi connectivity index (χ2n) is 15.3. The van der Waals surface area contributed by atoms with E-state index in [0.717, 1.165) is 17.2 Å². The third kappa shape index (κ3) is 7.58. The number of sulfone groups is 1. The van der Waals surface area contributed by atoms with Gasteiger partial charge in [-0.3, -0.25) is 4.79 Å². The molecule has 3 aromatic carbocycles. The van der Waals surface area contributed by atoms with Crippen molar-refractivity contribution in [1.29, 1.82) is 0 Å². The lowest BCUT2D eigenvalue weighted by Gasteiger charge is -2.31. The Balaban J connectivity index is 1.51. The van der Waals surface area contributed by atoms with Crippen molar-refractivity contribution < 1.29 is 35.9 Å². The second kappa shape index (κ2) is 14.3. The van der Waals surface area contributed by atoms with Gasteiger partial charge in [0.15, 0.2) is 33.1 Å². The predicted molar refractivity (Wildman–Crippen MR) is 197 cm³/mol. The van der Waals surface area contributed by atoms with Crippen molar-refractivity contribution in [2.45, 2.75) is 72.1 Å². The van der Waals surface area contributed by atoms with E-state index in [9.17, 15) is 13.2 Å². The highest BCUT2D eigenvalue weighted by atomic mass is 32.2. The van der Waals surface area contributed by atoms with E-state index in [1.54, 1.807) is 20.9 Å². The van der Waals surface area contributed by atoms with Crippen LogP contribution in [0.3, 0.4) is 0 Å². The zero-order chi connectivity index (χ0) is 38.5. The summed E-state index contributed by atoms with van der Waals surface area (Å²) in [6, 6.07) is 11.6. The third-order valence-electron chi connectivity index (χ3n) is 10.4. The van der Waals surface area contributed by atoms with Gasteiger partial charge in [-0.15, -0.1) is 0 Å². The number of ether oxygens (including phenoxy) is 2. The SMILES string of the molecule is COC(=O)[C@H](C)Cc1cccc([C@@]2(C)CCCC(C)(C)CS(=O)(=O)CCc3c(c(F)c(F)c4[nH]cc(C)c34)Oc3ccc(F)c(c3)-c3nc2nn3C)c1. The lowest BCUT2D eigenvalue weighted by Crippen LogP contribution is -2.29. The molecule has 0 radical (unpaired) electrons. The van der Waals surface area contributed by atoms with E-state index in [0.29, 0.717) is 42.5 Å². The molecule has 0 amide bonds. The highest BCUT2D eigenvalue weighted by Gasteiger charge is 2.36. The Bertz CT molecular complexity index is 2320. The normalized spacial score (nSPS) is 19.4. The summed E-state index contributed by atoms with van der Waals surface area (Å²) in [5.41, 5.74) is 1.07. The Hall–Kier alpha value is -4.65. The molecule has 5 aromatic rings. The molecule has 6 rings (SSSR count). The van der Waals surface area contributed by atoms with Crippen LogP contribution >= 0.6 is 0 Å². The molecule has 1 aliphatic heterocycles. The minimum absolute atomic E-state index is 0.00154. The molecule has 4 bridgehead atoms. The van der Waals surface area contributed by atoms with Crippen LogP contribution in [0.5, 0.6) is 11.5 Å². The van der Waals surface area contributed by atoms with Crippen LogP contribution in [0, 0.1) is 35.7 Å². The van der Waals surface area contributed by atoms with Crippen LogP contribution in [0.4, 0.5) is 13.2 Å². The Morgan fingerprint density at radius 3 is 2.58 bits per heavy atom. The number of carbonyl (C=O) groups excluding carboxylic acids is 1. The zero-order valence-electron chi connectivity index (χ0n) is 31.1. The number of aryl methyl sites for hydroxylation is 3. The molecule has 0 spiro atoms. The van der Waals surface area contributed by atoms with Gasteiger partial charge in [-0.05, 0) is 79.8 Å². The highest BCUT2D eigenvalue weighted by Crippen LogP contribution is 2.42. The van der Waals surface area contributed by atoms with E-state index in [2.05, 4.69) is 4.98 Å². The van der Waals surface area contributed by atoms with Gasteiger partial charge in [0.25, 0.3) is 0 Å². The molecule has 2 aromatic heterocycles. The molecule has 1 aliphatic rings. The van der Waals surface area contributed by atoms with Crippen molar-refractivity contribution in [3.63, 3.8) is 0 Å². The lowest BCUT2D eigenvalue weighted by atomic mass is 9.75. The number of hydrogen-bond acceptors (Lipinski definition) is 7. The van der Waals surface area contributed by atoms with E-state index in [1.807, 2.05) is 45.0 Å². The number of H-pyrrole nitrogens is 1. The quantitative estimate of drug-likeness (QED) is 0.184. The van der Waals surface area contributed by atoms with Crippen molar-refractivity contribution >= 4 is 26.7 Å². The molecular formula is C40H45F3N4O5S. The van der Waals surface area contributed by atoms with Gasteiger partial charge < -0.3 is 14.5 Å². The van der Waals surface area contributed by atoms with Crippen LogP contribution < -0.4 is 4.74 Å². The van der Waals surface area contributed by atoms with Gasteiger partial charge in [0.05, 0.1) is 41.0 Å². The standard InChI is InChI=1S/C40H45F3N4O5S/c1-23(37(48)51-7)18-25-10-8-11-26(19-25)40(5)16-9-15-39(3,4)22-53(49,50)17-14-28-31-24(2)21-44-34(31)32(42)33(43)35(28)52-27-12-13-30(41)29(20-27)36-45-38(40)46-47(36)6/h8,10-13,19-21,23,44H,9,14-18,22H2,1-7H3/t23-,40-/m1/s1. The zero-order valence-corrected chi connectivity index (χ0v) is 31.9. The molecule has 282 valence electrons. The molecule has 0 fully saturated rings. The summed E-state index contributed by atoms with van der Waals surface area (Å²) < 4.78 is 86.9. The summed E-state index contributed by atoms with van der Waals surface area (Å²) >= 11 is 0. The first-order valence-corrected chi connectivity index (χ1v) is 19.5. The van der Waals surface area contributed by atoms with Gasteiger partial charge in [0.1, 0.15) is 11.6 Å². The topological polar surface area (TPSA) is 116 Å². The summed E-state index contributed by atoms with van der Waals surface area (Å²) in [6.07, 6.45) is 3.52. The van der Waals surface area contributed by atoms with Crippen LogP contribution in [0.25, 0.3) is 22.3 Å². The number of aromatic amines is 1. The second-order valence-corrected chi connectivity index (χ2v) is 17.5. The molecule has 3 heterocycles. The minimum Gasteiger partial charge on any atom is -0.469 e. The number of nitrogens with zero attached hydrogens (tertiary/aromatic N) is 3. The van der Waals surface area contributed by atoms with E-state index in [-0.39, 0.29) is 58.0 Å². The summed E-state index contributed by atoms with van der Waals surface area (Å²) in [6.45, 7) is 9.33. The van der Waals surface area contributed by atoms with Crippen molar-refractivity contribution in [3.8, 4) is 22.9 Å². The summed E-state index contributed by atoms with van der Waals surface area (Å²) in [4.78, 5) is 19.9. The average Bonchev–Trinajstić information content (AvgIpc) is 3.68. The first kappa shape index (κ1) is 38.1. The number of methoxy groups -OCH3 is 1. The Morgan fingerprint density at radius 1 is 1.09 bits per heavy atom. The van der Waals surface area contributed by atoms with E-state index in [4.69, 9.17) is 19.6 Å². The summed E-state index contributed by atoms with van der Waals surface area (Å²) in [5, 5.41) is 5.14. The monoisotopic (exact) mass is 750 g/mol. The Kier molecular flexibility index (Phi) is 10.3. The van der Waals surface area contributed by atoms with Crippen LogP contribution in [0.2, 0.25) is 0 Å². The number of nitrogens with one attached hydrogen (secondary N) is 1. The van der Waals surface area contributed by atoms with Crippen LogP contribution in [-0.2, 0) is 44.7 Å². The van der Waals surface area contributed by atoms with Crippen LogP contribution in [0.1, 0.15) is 75.0 Å². The number of carbonyl (C=O) groups is 1. The van der Waals surface area contributed by atoms with Gasteiger partial charge in [-0.2, -0.15) is 9.49 Å². The fourth-order valence-corrected chi connectivity index (χ4v) is 9.57. The molecule has 2 atom stereocenters. The largest absolute Gasteiger partial charge is 0.469 e. The van der Waals surface area contributed by atoms with Gasteiger partial charge in [-0.25, -0.2) is 26.9 Å². The lowest BCUT2D eigenvalue weighted by molar-refractivity contribution is -0.144. The average molecular weight is 751 g/mol. The van der Waals surface area contributed by atoms with E-state index < -0.39 is 43.9 Å². The number of aromatic nitrogens is 4. The minimum atomic E-state index is -3.70. The van der Waals surface area contributed by atoms with E-state index >= 15 is 13.2 Å². The van der Waals surface area contributed by atoms with Crippen LogP contribution in [0.15, 0.2) is 48.7 Å². The number of halogens is 3. The maximum atomic E-state index is 15.9. The fourth-order valence-electron chi connectivity index (χ4n) is 7.58. The van der Waals surface area contributed by atoms with Crippen molar-refractivity contribution in [1.82, 2.24) is 19.7 Å². The Labute approximate surface area is 307 Å². The van der Waals surface area contributed by atoms with Gasteiger partial charge in [0, 0.05) is 24.2 Å². The summed E-state index contributed by atoms with van der Waals surface area (Å²) in [7, 11) is -0.691. The molecular weight excluding hydrogens is 706 g/mol. The third-order valence-corrected chi connectivity index (χ3v) is 12.5. The van der Waals surface area contributed by atoms with Crippen molar-refractivity contribution in [2.75, 3.05) is 18.6 Å². The molecule has 0 unspecified atom stereocenters. The summed E-state index contributed by atoms with van der Waals surface area (Å²) in [5.74, 6) is -4.07. The number of fused-ring (bicyclic) bond motifs is 8. The first-order valence-electron chi connectivity index (χ1n) is 17.7. The van der Waals surface area contributed by atoms with Gasteiger partial charge in [-0.1, -0.05) is 51.5 Å². The van der Waals surface area contributed by atoms with E-state index in [1.165, 1.54) is 30.1 Å². The van der Waals surface area contributed by atoms with Gasteiger partial charge in [0.2, 0.25) is 5.82 Å². The Morgan fingerprint density at radius 2 is 1.85 bits per heavy atom. The van der Waals surface area contributed by atoms with Crippen LogP contribution in [-0.4, -0.2) is 52.8 Å². The van der Waals surface area contributed by atoms with Gasteiger partial charge >= 0.3 is 5.97 Å². The number of benzene rings is 3. The number of rotatable bonds is 4. The highest BCUT2D eigenvalue weighted by molar-refractivity contribution is 7.91. The predicted octanol–water partition coefficient (Wildman–Crippen LogP) is 8.31. The maximum absolute atomic E-state index is 15.9.